The van der Waals surface area contributed by atoms with Crippen molar-refractivity contribution in [3.05, 3.63) is 64.7 Å². The minimum Gasteiger partial charge on any atom is -0.379 e. The molecule has 7 amide bonds. The van der Waals surface area contributed by atoms with Gasteiger partial charge in [-0.15, -0.1) is 0 Å². The van der Waals surface area contributed by atoms with Crippen molar-refractivity contribution in [2.45, 2.75) is 44.6 Å². The van der Waals surface area contributed by atoms with Gasteiger partial charge in [0.05, 0.1) is 134 Å². The summed E-state index contributed by atoms with van der Waals surface area (Å²) in [6.45, 7) is 6.87. The molecule has 1 unspecified atom stereocenters. The molecule has 3 aliphatic heterocycles. The predicted molar refractivity (Wildman–Crippen MR) is 219 cm³/mol. The molecule has 0 radical (unpaired) electrons. The topological polar surface area (TPSA) is 224 Å². The maximum absolute atomic E-state index is 13.2. The number of carbonyl (C=O) groups is 7. The van der Waals surface area contributed by atoms with Gasteiger partial charge in [-0.2, -0.15) is 0 Å². The number of anilines is 1. The number of unbranched alkanes of at least 4 members (excludes halogenated alkanes) is 2. The smallest absolute Gasteiger partial charge is 0.264 e. The Morgan fingerprint density at radius 3 is 1.55 bits per heavy atom. The van der Waals surface area contributed by atoms with Crippen molar-refractivity contribution >= 4 is 47.0 Å². The Morgan fingerprint density at radius 1 is 0.548 bits per heavy atom. The first kappa shape index (κ1) is 48.0. The first-order chi connectivity index (χ1) is 30.3. The molecule has 1 saturated heterocycles. The lowest BCUT2D eigenvalue weighted by atomic mass is 10.0. The molecule has 0 aliphatic carbocycles. The van der Waals surface area contributed by atoms with Crippen molar-refractivity contribution in [2.75, 3.05) is 118 Å². The van der Waals surface area contributed by atoms with E-state index in [1.807, 2.05) is 0 Å². The van der Waals surface area contributed by atoms with Gasteiger partial charge in [0, 0.05) is 19.4 Å². The minimum absolute atomic E-state index is 0.0231. The summed E-state index contributed by atoms with van der Waals surface area (Å²) in [6, 6.07) is 10.3. The Kier molecular flexibility index (Phi) is 20.5. The largest absolute Gasteiger partial charge is 0.379 e. The lowest BCUT2D eigenvalue weighted by molar-refractivity contribution is -0.136. The second-order valence-electron chi connectivity index (χ2n) is 14.2. The van der Waals surface area contributed by atoms with Gasteiger partial charge < -0.3 is 43.2 Å². The van der Waals surface area contributed by atoms with Crippen LogP contribution in [0.4, 0.5) is 5.69 Å². The van der Waals surface area contributed by atoms with Crippen LogP contribution in [-0.4, -0.2) is 169 Å². The van der Waals surface area contributed by atoms with Crippen LogP contribution in [0.5, 0.6) is 0 Å². The minimum atomic E-state index is -1.08. The molecule has 1 fully saturated rings. The van der Waals surface area contributed by atoms with Crippen LogP contribution in [-0.2, 0) is 52.3 Å². The average Bonchev–Trinajstić information content (AvgIpc) is 3.66. The number of carbonyl (C=O) groups excluding carboxylic acids is 7. The van der Waals surface area contributed by atoms with Crippen LogP contribution in [0, 0.1) is 0 Å². The lowest BCUT2D eigenvalue weighted by Crippen LogP contribution is -2.54. The van der Waals surface area contributed by atoms with E-state index in [0.717, 1.165) is 17.7 Å². The van der Waals surface area contributed by atoms with Gasteiger partial charge in [-0.05, 0) is 43.5 Å². The quantitative estimate of drug-likeness (QED) is 0.0793. The Bertz CT molecular complexity index is 1810. The van der Waals surface area contributed by atoms with Gasteiger partial charge >= 0.3 is 0 Å². The lowest BCUT2D eigenvalue weighted by Gasteiger charge is -2.27. The van der Waals surface area contributed by atoms with E-state index in [1.165, 1.54) is 11.0 Å². The molecule has 0 bridgehead atoms. The van der Waals surface area contributed by atoms with E-state index in [1.54, 1.807) is 36.4 Å². The first-order valence-corrected chi connectivity index (χ1v) is 21.0. The fraction of sp³-hybridized carbons (Fsp3) is 0.558. The molecular weight excluding hydrogens is 812 g/mol. The molecule has 19 nitrogen and oxygen atoms in total. The number of rotatable bonds is 32. The van der Waals surface area contributed by atoms with Crippen LogP contribution in [0.2, 0.25) is 0 Å². The molecular formula is C43H56N4O15. The molecule has 62 heavy (non-hydrogen) atoms. The van der Waals surface area contributed by atoms with Crippen LogP contribution in [0.1, 0.15) is 80.0 Å². The Hall–Kier alpha value is -4.99. The van der Waals surface area contributed by atoms with Crippen molar-refractivity contribution in [1.82, 2.24) is 15.1 Å². The second-order valence-corrected chi connectivity index (χ2v) is 14.2. The molecule has 2 N–H and O–H groups in total. The zero-order chi connectivity index (χ0) is 43.9. The summed E-state index contributed by atoms with van der Waals surface area (Å²) in [7, 11) is 0. The summed E-state index contributed by atoms with van der Waals surface area (Å²) in [6.07, 6.45) is 2.40. The zero-order valence-electron chi connectivity index (χ0n) is 34.9. The van der Waals surface area contributed by atoms with E-state index in [4.69, 9.17) is 37.9 Å². The Balaban J connectivity index is 0.728. The van der Waals surface area contributed by atoms with Crippen LogP contribution >= 0.6 is 0 Å². The molecule has 5 rings (SSSR count). The monoisotopic (exact) mass is 868 g/mol. The molecule has 0 saturated carbocycles. The number of amides is 7. The number of nitrogens with zero attached hydrogens (tertiary/aromatic N) is 2. The van der Waals surface area contributed by atoms with Gasteiger partial charge in [-0.1, -0.05) is 24.6 Å². The van der Waals surface area contributed by atoms with E-state index in [9.17, 15) is 33.6 Å². The highest BCUT2D eigenvalue weighted by Crippen LogP contribution is 2.32. The molecule has 1 atom stereocenters. The Labute approximate surface area is 359 Å². The average molecular weight is 869 g/mol. The highest BCUT2D eigenvalue weighted by Gasteiger charge is 2.45. The van der Waals surface area contributed by atoms with Crippen molar-refractivity contribution in [3.63, 3.8) is 0 Å². The maximum Gasteiger partial charge on any atom is 0.264 e. The number of piperidine rings is 1. The molecule has 3 aliphatic rings. The summed E-state index contributed by atoms with van der Waals surface area (Å²) in [5, 5.41) is 4.90. The fourth-order valence-electron chi connectivity index (χ4n) is 6.74. The molecule has 19 heteroatoms. The van der Waals surface area contributed by atoms with Crippen LogP contribution in [0.25, 0.3) is 0 Å². The van der Waals surface area contributed by atoms with E-state index >= 15 is 0 Å². The number of ether oxygens (including phenoxy) is 8. The van der Waals surface area contributed by atoms with Crippen LogP contribution < -0.4 is 10.6 Å². The van der Waals surface area contributed by atoms with Crippen molar-refractivity contribution in [1.29, 1.82) is 0 Å². The van der Waals surface area contributed by atoms with E-state index in [0.29, 0.717) is 117 Å². The molecule has 2 aromatic rings. The third-order valence-corrected chi connectivity index (χ3v) is 9.88. The van der Waals surface area contributed by atoms with Gasteiger partial charge in [0.15, 0.2) is 0 Å². The Morgan fingerprint density at radius 2 is 1.03 bits per heavy atom. The molecule has 2 aromatic carbocycles. The summed E-state index contributed by atoms with van der Waals surface area (Å²) >= 11 is 0. The molecule has 0 aromatic heterocycles. The number of hydrogen-bond donors (Lipinski definition) is 2. The SMILES string of the molecule is O=C1CCC(N2C(=O)c3cccc(NC(=O)CCCCCOCCOCCOCCOCCOCCOCCOCCOCCN4C(=O)c5ccccc5C4=O)c3C2=O)C(=O)N1. The van der Waals surface area contributed by atoms with Gasteiger partial charge in [0.2, 0.25) is 17.7 Å². The van der Waals surface area contributed by atoms with E-state index < -0.39 is 29.7 Å². The van der Waals surface area contributed by atoms with Crippen molar-refractivity contribution in [2.24, 2.45) is 0 Å². The van der Waals surface area contributed by atoms with E-state index in [-0.39, 0.29) is 66.9 Å². The van der Waals surface area contributed by atoms with Crippen molar-refractivity contribution in [3.8, 4) is 0 Å². The summed E-state index contributed by atoms with van der Waals surface area (Å²) in [4.78, 5) is 89.4. The standard InChI is InChI=1S/C43H56N4O15/c48-36(44-34-10-6-9-33-38(34)43(54)47(42(33)53)35-12-13-37(49)45-39(35)50)11-2-1-5-15-55-17-19-57-21-23-59-25-27-61-29-30-62-28-26-60-24-22-58-20-18-56-16-14-46-40(51)31-7-3-4-8-32(31)41(46)52/h3-4,6-10,35H,1-2,5,11-30H2,(H,44,48)(H,45,49,50). The zero-order valence-corrected chi connectivity index (χ0v) is 34.9. The number of fused-ring (bicyclic) bond motifs is 2. The maximum atomic E-state index is 13.2. The third kappa shape index (κ3) is 14.6. The predicted octanol–water partition coefficient (Wildman–Crippen LogP) is 2.02. The fourth-order valence-corrected chi connectivity index (χ4v) is 6.74. The molecule has 338 valence electrons. The first-order valence-electron chi connectivity index (χ1n) is 21.0. The highest BCUT2D eigenvalue weighted by molar-refractivity contribution is 6.26. The third-order valence-electron chi connectivity index (χ3n) is 9.88. The number of nitrogens with one attached hydrogen (secondary N) is 2. The number of imide groups is 3. The number of hydrogen-bond acceptors (Lipinski definition) is 15. The normalized spacial score (nSPS) is 16.0. The van der Waals surface area contributed by atoms with Gasteiger partial charge in [-0.3, -0.25) is 48.7 Å². The summed E-state index contributed by atoms with van der Waals surface area (Å²) in [5.41, 5.74) is 1.22. The van der Waals surface area contributed by atoms with Gasteiger partial charge in [0.25, 0.3) is 23.6 Å². The highest BCUT2D eigenvalue weighted by atomic mass is 16.6. The number of benzene rings is 2. The van der Waals surface area contributed by atoms with Crippen LogP contribution in [0.15, 0.2) is 42.5 Å². The van der Waals surface area contributed by atoms with Crippen molar-refractivity contribution < 1.29 is 71.5 Å². The van der Waals surface area contributed by atoms with Gasteiger partial charge in [0.1, 0.15) is 6.04 Å². The summed E-state index contributed by atoms with van der Waals surface area (Å²) in [5.74, 6) is -3.33. The van der Waals surface area contributed by atoms with Gasteiger partial charge in [-0.25, -0.2) is 0 Å². The molecule has 3 heterocycles. The summed E-state index contributed by atoms with van der Waals surface area (Å²) < 4.78 is 44.0. The molecule has 0 spiro atoms. The van der Waals surface area contributed by atoms with E-state index in [2.05, 4.69) is 10.6 Å². The second kappa shape index (κ2) is 26.5. The van der Waals surface area contributed by atoms with Crippen LogP contribution in [0.3, 0.4) is 0 Å².